The number of rotatable bonds is 4. The van der Waals surface area contributed by atoms with Gasteiger partial charge in [-0.3, -0.25) is 0 Å². The molecule has 2 aromatic rings. The van der Waals surface area contributed by atoms with E-state index in [0.29, 0.717) is 67.0 Å². The number of urea groups is 1. The van der Waals surface area contributed by atoms with Crippen molar-refractivity contribution < 1.29 is 19.0 Å². The predicted molar refractivity (Wildman–Crippen MR) is 113 cm³/mol. The third-order valence-corrected chi connectivity index (χ3v) is 5.53. The summed E-state index contributed by atoms with van der Waals surface area (Å²) in [6.07, 6.45) is 2.82. The monoisotopic (exact) mass is 416 g/mol. The molecular formula is C20H28N6O4. The van der Waals surface area contributed by atoms with Crippen LogP contribution in [-0.2, 0) is 4.74 Å². The minimum atomic E-state index is -0.181. The first kappa shape index (κ1) is 20.3. The Kier molecular flexibility index (Phi) is 5.93. The van der Waals surface area contributed by atoms with Crippen LogP contribution < -0.4 is 25.4 Å². The molecule has 2 amide bonds. The quantitative estimate of drug-likeness (QED) is 0.772. The van der Waals surface area contributed by atoms with Crippen molar-refractivity contribution in [3.8, 4) is 11.5 Å². The van der Waals surface area contributed by atoms with E-state index in [1.54, 1.807) is 31.3 Å². The summed E-state index contributed by atoms with van der Waals surface area (Å²) in [5.41, 5.74) is 6.88. The van der Waals surface area contributed by atoms with Crippen LogP contribution >= 0.6 is 0 Å². The molecule has 0 bridgehead atoms. The lowest BCUT2D eigenvalue weighted by atomic mass is 10.2. The number of methoxy groups -OCH3 is 2. The Morgan fingerprint density at radius 2 is 1.87 bits per heavy atom. The molecule has 2 aliphatic rings. The number of benzene rings is 1. The Balaban J connectivity index is 1.44. The van der Waals surface area contributed by atoms with Crippen molar-refractivity contribution >= 4 is 28.7 Å². The van der Waals surface area contributed by atoms with Crippen LogP contribution in [0.25, 0.3) is 10.9 Å². The molecule has 1 aromatic carbocycles. The molecule has 3 heterocycles. The molecule has 10 nitrogen and oxygen atoms in total. The van der Waals surface area contributed by atoms with Crippen molar-refractivity contribution in [2.75, 3.05) is 57.6 Å². The Bertz CT molecular complexity index is 910. The van der Waals surface area contributed by atoms with Gasteiger partial charge in [0.2, 0.25) is 5.95 Å². The highest BCUT2D eigenvalue weighted by Crippen LogP contribution is 2.34. The van der Waals surface area contributed by atoms with E-state index in [0.717, 1.165) is 19.3 Å². The van der Waals surface area contributed by atoms with Gasteiger partial charge in [0, 0.05) is 44.2 Å². The molecule has 30 heavy (non-hydrogen) atoms. The first-order chi connectivity index (χ1) is 14.6. The Hall–Kier alpha value is -3.01. The maximum atomic E-state index is 12.5. The second kappa shape index (κ2) is 8.78. The highest BCUT2D eigenvalue weighted by molar-refractivity contribution is 5.91. The Morgan fingerprint density at radius 3 is 2.53 bits per heavy atom. The third-order valence-electron chi connectivity index (χ3n) is 5.53. The van der Waals surface area contributed by atoms with Crippen molar-refractivity contribution in [1.82, 2.24) is 20.2 Å². The van der Waals surface area contributed by atoms with Gasteiger partial charge in [-0.1, -0.05) is 0 Å². The summed E-state index contributed by atoms with van der Waals surface area (Å²) in [7, 11) is 3.16. The molecule has 10 heteroatoms. The molecule has 1 aromatic heterocycles. The maximum absolute atomic E-state index is 12.5. The number of carbonyl (C=O) groups excluding carboxylic acids is 1. The number of ether oxygens (including phenoxy) is 3. The van der Waals surface area contributed by atoms with E-state index in [2.05, 4.69) is 15.3 Å². The largest absolute Gasteiger partial charge is 0.493 e. The van der Waals surface area contributed by atoms with Crippen molar-refractivity contribution in [3.05, 3.63) is 12.1 Å². The summed E-state index contributed by atoms with van der Waals surface area (Å²) >= 11 is 0. The number of aromatic nitrogens is 2. The minimum Gasteiger partial charge on any atom is -0.493 e. The van der Waals surface area contributed by atoms with E-state index in [-0.39, 0.29) is 12.3 Å². The standard InChI is InChI=1S/C20H28N6O4/c1-28-15-11-13-14(12-16(15)29-2)22-19(24-18(13)21)25-6-8-26(9-7-25)20(27)23-17-5-3-4-10-30-17/h11-12,17H,3-10H2,1-2H3,(H,23,27)(H2,21,22,24). The number of hydrogen-bond donors (Lipinski definition) is 2. The first-order valence-electron chi connectivity index (χ1n) is 10.2. The van der Waals surface area contributed by atoms with Crippen molar-refractivity contribution in [2.45, 2.75) is 25.5 Å². The number of nitrogens with zero attached hydrogens (tertiary/aromatic N) is 4. The van der Waals surface area contributed by atoms with E-state index < -0.39 is 0 Å². The molecule has 2 fully saturated rings. The number of nitrogens with one attached hydrogen (secondary N) is 1. The summed E-state index contributed by atoms with van der Waals surface area (Å²) < 4.78 is 16.3. The second-order valence-electron chi connectivity index (χ2n) is 7.41. The topological polar surface area (TPSA) is 115 Å². The van der Waals surface area contributed by atoms with Crippen LogP contribution in [0.4, 0.5) is 16.6 Å². The van der Waals surface area contributed by atoms with Crippen LogP contribution in [-0.4, -0.2) is 74.1 Å². The fourth-order valence-electron chi connectivity index (χ4n) is 3.80. The predicted octanol–water partition coefficient (Wildman–Crippen LogP) is 1.59. The third kappa shape index (κ3) is 4.13. The first-order valence-corrected chi connectivity index (χ1v) is 10.2. The van der Waals surface area contributed by atoms with Crippen molar-refractivity contribution in [3.63, 3.8) is 0 Å². The van der Waals surface area contributed by atoms with Gasteiger partial charge in [0.1, 0.15) is 12.0 Å². The van der Waals surface area contributed by atoms with Crippen LogP contribution in [0, 0.1) is 0 Å². The fourth-order valence-corrected chi connectivity index (χ4v) is 3.80. The van der Waals surface area contributed by atoms with E-state index in [9.17, 15) is 4.79 Å². The SMILES string of the molecule is COc1cc2nc(N3CCN(C(=O)NC4CCCCO4)CC3)nc(N)c2cc1OC. The fraction of sp³-hybridized carbons (Fsp3) is 0.550. The van der Waals surface area contributed by atoms with Crippen molar-refractivity contribution in [2.24, 2.45) is 0 Å². The number of nitrogen functional groups attached to an aromatic ring is 1. The highest BCUT2D eigenvalue weighted by Gasteiger charge is 2.26. The molecule has 3 N–H and O–H groups in total. The number of fused-ring (bicyclic) bond motifs is 1. The van der Waals surface area contributed by atoms with Gasteiger partial charge in [-0.05, 0) is 25.3 Å². The summed E-state index contributed by atoms with van der Waals surface area (Å²) in [5.74, 6) is 2.09. The average Bonchev–Trinajstić information content (AvgIpc) is 2.79. The van der Waals surface area contributed by atoms with Crippen LogP contribution in [0.3, 0.4) is 0 Å². The van der Waals surface area contributed by atoms with Gasteiger partial charge in [-0.2, -0.15) is 4.98 Å². The van der Waals surface area contributed by atoms with E-state index in [4.69, 9.17) is 19.9 Å². The molecule has 0 aliphatic carbocycles. The normalized spacial score (nSPS) is 19.6. The molecule has 0 radical (unpaired) electrons. The average molecular weight is 416 g/mol. The minimum absolute atomic E-state index is 0.0858. The van der Waals surface area contributed by atoms with Gasteiger partial charge in [0.05, 0.1) is 19.7 Å². The van der Waals surface area contributed by atoms with Gasteiger partial charge in [-0.25, -0.2) is 9.78 Å². The number of nitrogens with two attached hydrogens (primary N) is 1. The zero-order valence-electron chi connectivity index (χ0n) is 17.4. The zero-order chi connectivity index (χ0) is 21.1. The Morgan fingerprint density at radius 1 is 1.13 bits per heavy atom. The zero-order valence-corrected chi connectivity index (χ0v) is 17.4. The summed E-state index contributed by atoms with van der Waals surface area (Å²) in [6.45, 7) is 3.10. The second-order valence-corrected chi connectivity index (χ2v) is 7.41. The molecule has 0 saturated carbocycles. The summed E-state index contributed by atoms with van der Waals surface area (Å²) in [5, 5.41) is 3.68. The lowest BCUT2D eigenvalue weighted by molar-refractivity contribution is -0.000766. The number of hydrogen-bond acceptors (Lipinski definition) is 8. The molecule has 2 saturated heterocycles. The van der Waals surface area contributed by atoms with Crippen molar-refractivity contribution in [1.29, 1.82) is 0 Å². The van der Waals surface area contributed by atoms with Gasteiger partial charge in [0.15, 0.2) is 11.5 Å². The number of carbonyl (C=O) groups is 1. The van der Waals surface area contributed by atoms with Gasteiger partial charge < -0.3 is 35.1 Å². The van der Waals surface area contributed by atoms with Crippen LogP contribution in [0.15, 0.2) is 12.1 Å². The van der Waals surface area contributed by atoms with Crippen LogP contribution in [0.5, 0.6) is 11.5 Å². The van der Waals surface area contributed by atoms with E-state index >= 15 is 0 Å². The molecule has 2 aliphatic heterocycles. The molecule has 1 atom stereocenters. The molecule has 0 spiro atoms. The van der Waals surface area contributed by atoms with E-state index in [1.165, 1.54) is 0 Å². The maximum Gasteiger partial charge on any atom is 0.319 e. The number of anilines is 2. The molecule has 4 rings (SSSR count). The van der Waals surface area contributed by atoms with Crippen LogP contribution in [0.2, 0.25) is 0 Å². The summed E-state index contributed by atoms with van der Waals surface area (Å²) in [4.78, 5) is 25.5. The highest BCUT2D eigenvalue weighted by atomic mass is 16.5. The van der Waals surface area contributed by atoms with Gasteiger partial charge in [-0.15, -0.1) is 0 Å². The van der Waals surface area contributed by atoms with Gasteiger partial charge in [0.25, 0.3) is 0 Å². The number of piperazine rings is 1. The number of amides is 2. The Labute approximate surface area is 175 Å². The van der Waals surface area contributed by atoms with Crippen LogP contribution in [0.1, 0.15) is 19.3 Å². The van der Waals surface area contributed by atoms with Gasteiger partial charge >= 0.3 is 6.03 Å². The molecule has 162 valence electrons. The smallest absolute Gasteiger partial charge is 0.319 e. The lowest BCUT2D eigenvalue weighted by Crippen LogP contribution is -2.54. The van der Waals surface area contributed by atoms with E-state index in [1.807, 2.05) is 4.90 Å². The molecule has 1 unspecified atom stereocenters. The summed E-state index contributed by atoms with van der Waals surface area (Å²) in [6, 6.07) is 3.49. The molecular weight excluding hydrogens is 388 g/mol. The lowest BCUT2D eigenvalue weighted by Gasteiger charge is -2.36.